The Morgan fingerprint density at radius 3 is 3.06 bits per heavy atom. The molecule has 0 aliphatic carbocycles. The van der Waals surface area contributed by atoms with Crippen LogP contribution in [0.15, 0.2) is 18.5 Å². The van der Waals surface area contributed by atoms with E-state index in [0.717, 1.165) is 0 Å². The first kappa shape index (κ1) is 10.6. The lowest BCUT2D eigenvalue weighted by Crippen LogP contribution is -2.29. The topological polar surface area (TPSA) is 82.1 Å². The fraction of sp³-hybridized carbons (Fsp3) is 0.500. The van der Waals surface area contributed by atoms with E-state index in [1.807, 2.05) is 6.07 Å². The van der Waals surface area contributed by atoms with Crippen molar-refractivity contribution < 1.29 is 9.90 Å². The third kappa shape index (κ3) is 1.90. The molecule has 6 heteroatoms. The summed E-state index contributed by atoms with van der Waals surface area (Å²) < 4.78 is 1.64. The molecule has 16 heavy (non-hydrogen) atoms. The average molecular weight is 220 g/mol. The fourth-order valence-corrected chi connectivity index (χ4v) is 1.89. The molecule has 1 aromatic heterocycles. The predicted octanol–water partition coefficient (Wildman–Crippen LogP) is -0.459. The number of carbonyl (C=O) groups is 1. The highest BCUT2D eigenvalue weighted by Gasteiger charge is 2.35. The second-order valence-electron chi connectivity index (χ2n) is 3.75. The maximum Gasteiger partial charge on any atom is 0.236 e. The molecule has 0 aromatic carbocycles. The molecule has 1 aliphatic heterocycles. The number of carbonyl (C=O) groups excluding carboxylic acids is 1. The molecule has 1 aliphatic rings. The maximum absolute atomic E-state index is 11.5. The first-order valence-electron chi connectivity index (χ1n) is 5.04. The smallest absolute Gasteiger partial charge is 0.236 e. The van der Waals surface area contributed by atoms with Gasteiger partial charge in [0.15, 0.2) is 0 Å². The third-order valence-corrected chi connectivity index (χ3v) is 2.71. The van der Waals surface area contributed by atoms with Crippen molar-refractivity contribution in [3.05, 3.63) is 18.5 Å². The monoisotopic (exact) mass is 220 g/mol. The van der Waals surface area contributed by atoms with Crippen molar-refractivity contribution in [2.75, 3.05) is 13.1 Å². The number of amides is 1. The van der Waals surface area contributed by atoms with E-state index in [2.05, 4.69) is 5.10 Å². The van der Waals surface area contributed by atoms with Gasteiger partial charge in [0.25, 0.3) is 0 Å². The number of nitriles is 1. The molecule has 1 aromatic rings. The molecule has 84 valence electrons. The van der Waals surface area contributed by atoms with Gasteiger partial charge in [0, 0.05) is 25.5 Å². The number of likely N-dealkylation sites (tertiary alicyclic amines) is 1. The van der Waals surface area contributed by atoms with Crippen LogP contribution in [0, 0.1) is 11.3 Å². The van der Waals surface area contributed by atoms with Crippen LogP contribution in [-0.4, -0.2) is 44.9 Å². The van der Waals surface area contributed by atoms with Crippen molar-refractivity contribution in [1.82, 2.24) is 14.7 Å². The Kier molecular flexibility index (Phi) is 2.88. The summed E-state index contributed by atoms with van der Waals surface area (Å²) in [5.41, 5.74) is 0. The Balaban J connectivity index is 2.05. The summed E-state index contributed by atoms with van der Waals surface area (Å²) in [6.07, 6.45) is 2.62. The van der Waals surface area contributed by atoms with E-state index in [4.69, 9.17) is 5.26 Å². The van der Waals surface area contributed by atoms with Crippen molar-refractivity contribution in [3.63, 3.8) is 0 Å². The summed E-state index contributed by atoms with van der Waals surface area (Å²) in [4.78, 5) is 13.0. The van der Waals surface area contributed by atoms with E-state index in [1.165, 1.54) is 4.90 Å². The molecule has 6 nitrogen and oxygen atoms in total. The van der Waals surface area contributed by atoms with Crippen LogP contribution < -0.4 is 0 Å². The molecular weight excluding hydrogens is 208 g/mol. The van der Waals surface area contributed by atoms with Gasteiger partial charge in [-0.1, -0.05) is 0 Å². The number of aliphatic hydroxyl groups excluding tert-OH is 1. The van der Waals surface area contributed by atoms with Crippen LogP contribution in [0.1, 0.15) is 12.5 Å². The highest BCUT2D eigenvalue weighted by Crippen LogP contribution is 2.21. The van der Waals surface area contributed by atoms with Crippen molar-refractivity contribution in [2.24, 2.45) is 0 Å². The molecule has 1 amide bonds. The Morgan fingerprint density at radius 2 is 2.44 bits per heavy atom. The van der Waals surface area contributed by atoms with Crippen LogP contribution in [0.2, 0.25) is 0 Å². The summed E-state index contributed by atoms with van der Waals surface area (Å²) in [7, 11) is 0. The zero-order chi connectivity index (χ0) is 11.5. The number of β-amino-alcohol motifs (C(OH)–C–C–N with tert-alkyl or cyclic N) is 1. The van der Waals surface area contributed by atoms with E-state index >= 15 is 0 Å². The fourth-order valence-electron chi connectivity index (χ4n) is 1.89. The summed E-state index contributed by atoms with van der Waals surface area (Å²) in [5.74, 6) is -0.240. The minimum absolute atomic E-state index is 0.140. The summed E-state index contributed by atoms with van der Waals surface area (Å²) in [5, 5.41) is 22.3. The van der Waals surface area contributed by atoms with Crippen LogP contribution in [0.3, 0.4) is 0 Å². The maximum atomic E-state index is 11.5. The van der Waals surface area contributed by atoms with Gasteiger partial charge in [-0.15, -0.1) is 0 Å². The van der Waals surface area contributed by atoms with Crippen molar-refractivity contribution in [3.8, 4) is 6.07 Å². The van der Waals surface area contributed by atoms with E-state index < -0.39 is 6.10 Å². The van der Waals surface area contributed by atoms with Gasteiger partial charge in [0.05, 0.1) is 18.2 Å². The van der Waals surface area contributed by atoms with Gasteiger partial charge in [0.2, 0.25) is 5.91 Å². The van der Waals surface area contributed by atoms with Crippen molar-refractivity contribution in [1.29, 1.82) is 5.26 Å². The van der Waals surface area contributed by atoms with Crippen LogP contribution in [0.4, 0.5) is 0 Å². The SMILES string of the molecule is N#CCC(=O)N1C[C@@H](O)[C@H](n2cccn2)C1. The zero-order valence-electron chi connectivity index (χ0n) is 8.65. The minimum atomic E-state index is -0.623. The van der Waals surface area contributed by atoms with E-state index in [-0.39, 0.29) is 24.9 Å². The molecule has 0 saturated carbocycles. The Labute approximate surface area is 92.7 Å². The normalized spacial score (nSPS) is 24.4. The van der Waals surface area contributed by atoms with Gasteiger partial charge in [0.1, 0.15) is 6.42 Å². The van der Waals surface area contributed by atoms with Gasteiger partial charge >= 0.3 is 0 Å². The third-order valence-electron chi connectivity index (χ3n) is 2.71. The number of nitrogens with zero attached hydrogens (tertiary/aromatic N) is 4. The highest BCUT2D eigenvalue weighted by atomic mass is 16.3. The first-order valence-corrected chi connectivity index (χ1v) is 5.04. The number of rotatable bonds is 2. The van der Waals surface area contributed by atoms with Crippen LogP contribution >= 0.6 is 0 Å². The molecule has 1 saturated heterocycles. The van der Waals surface area contributed by atoms with Crippen LogP contribution in [-0.2, 0) is 4.79 Å². The van der Waals surface area contributed by atoms with Gasteiger partial charge in [-0.25, -0.2) is 0 Å². The zero-order valence-corrected chi connectivity index (χ0v) is 8.65. The Bertz CT molecular complexity index is 409. The van der Waals surface area contributed by atoms with Crippen molar-refractivity contribution in [2.45, 2.75) is 18.6 Å². The lowest BCUT2D eigenvalue weighted by atomic mass is 10.2. The first-order chi connectivity index (χ1) is 7.72. The highest BCUT2D eigenvalue weighted by molar-refractivity contribution is 5.78. The van der Waals surface area contributed by atoms with E-state index in [9.17, 15) is 9.90 Å². The molecule has 0 unspecified atom stereocenters. The molecule has 2 atom stereocenters. The molecule has 0 bridgehead atoms. The molecule has 0 radical (unpaired) electrons. The van der Waals surface area contributed by atoms with Gasteiger partial charge < -0.3 is 10.0 Å². The summed E-state index contributed by atoms with van der Waals surface area (Å²) in [6.45, 7) is 0.675. The number of hydrogen-bond donors (Lipinski definition) is 1. The van der Waals surface area contributed by atoms with E-state index in [1.54, 1.807) is 23.1 Å². The Hall–Kier alpha value is -1.87. The number of hydrogen-bond acceptors (Lipinski definition) is 4. The molecule has 1 fully saturated rings. The van der Waals surface area contributed by atoms with Gasteiger partial charge in [-0.3, -0.25) is 9.48 Å². The van der Waals surface area contributed by atoms with Gasteiger partial charge in [-0.05, 0) is 6.07 Å². The molecule has 0 spiro atoms. The Morgan fingerprint density at radius 1 is 1.62 bits per heavy atom. The number of aliphatic hydroxyl groups is 1. The predicted molar refractivity (Wildman–Crippen MR) is 54.1 cm³/mol. The molecule has 2 heterocycles. The lowest BCUT2D eigenvalue weighted by molar-refractivity contribution is -0.129. The van der Waals surface area contributed by atoms with Crippen molar-refractivity contribution >= 4 is 5.91 Å². The van der Waals surface area contributed by atoms with Gasteiger partial charge in [-0.2, -0.15) is 10.4 Å². The van der Waals surface area contributed by atoms with Crippen LogP contribution in [0.5, 0.6) is 0 Å². The second kappa shape index (κ2) is 4.33. The average Bonchev–Trinajstić information content (AvgIpc) is 2.86. The molecular formula is C10H12N4O2. The summed E-state index contributed by atoms with van der Waals surface area (Å²) >= 11 is 0. The minimum Gasteiger partial charge on any atom is -0.389 e. The lowest BCUT2D eigenvalue weighted by Gasteiger charge is -2.14. The summed E-state index contributed by atoms with van der Waals surface area (Å²) in [6, 6.07) is 3.37. The molecule has 1 N–H and O–H groups in total. The second-order valence-corrected chi connectivity index (χ2v) is 3.75. The number of aromatic nitrogens is 2. The van der Waals surface area contributed by atoms with Crippen LogP contribution in [0.25, 0.3) is 0 Å². The largest absolute Gasteiger partial charge is 0.389 e. The quantitative estimate of drug-likeness (QED) is 0.731. The molecule has 2 rings (SSSR count). The standard InChI is InChI=1S/C10H12N4O2/c11-3-2-10(16)13-6-8(9(15)7-13)14-5-1-4-12-14/h1,4-5,8-9,15H,2,6-7H2/t8-,9-/m1/s1. The van der Waals surface area contributed by atoms with E-state index in [0.29, 0.717) is 6.54 Å².